The van der Waals surface area contributed by atoms with Gasteiger partial charge in [-0.2, -0.15) is 5.26 Å². The number of halogens is 3. The number of rotatable bonds is 3. The van der Waals surface area contributed by atoms with Gasteiger partial charge in [0.1, 0.15) is 11.8 Å². The Labute approximate surface area is 103 Å². The molecule has 0 fully saturated rings. The molecule has 0 aromatic carbocycles. The van der Waals surface area contributed by atoms with Gasteiger partial charge in [-0.3, -0.25) is 4.79 Å². The number of nitriles is 1. The second-order valence-corrected chi connectivity index (χ2v) is 3.93. The summed E-state index contributed by atoms with van der Waals surface area (Å²) in [6.07, 6.45) is -3.23. The van der Waals surface area contributed by atoms with E-state index in [-0.39, 0.29) is 11.3 Å². The number of nitrogens with zero attached hydrogens (tertiary/aromatic N) is 2. The number of hydrogen-bond acceptors (Lipinski definition) is 3. The Bertz CT molecular complexity index is 471. The molecule has 0 radical (unpaired) electrons. The zero-order chi connectivity index (χ0) is 12.3. The van der Waals surface area contributed by atoms with E-state index in [1.807, 2.05) is 0 Å². The van der Waals surface area contributed by atoms with Gasteiger partial charge in [0.25, 0.3) is 6.43 Å². The molecule has 0 saturated heterocycles. The summed E-state index contributed by atoms with van der Waals surface area (Å²) in [5.74, 6) is -1.15. The number of alkyl halides is 2. The molecule has 0 atom stereocenters. The smallest absolute Gasteiger partial charge is 0.307 e. The van der Waals surface area contributed by atoms with E-state index < -0.39 is 24.5 Å². The van der Waals surface area contributed by atoms with Crippen LogP contribution in [0.2, 0.25) is 0 Å². The van der Waals surface area contributed by atoms with Crippen LogP contribution in [0.5, 0.6) is 0 Å². The summed E-state index contributed by atoms with van der Waals surface area (Å²) in [5, 5.41) is 17.3. The van der Waals surface area contributed by atoms with Crippen LogP contribution in [0.4, 0.5) is 8.78 Å². The lowest BCUT2D eigenvalue weighted by molar-refractivity contribution is -0.136. The monoisotopic (exact) mass is 338 g/mol. The van der Waals surface area contributed by atoms with Crippen LogP contribution in [-0.4, -0.2) is 16.1 Å². The topological polar surface area (TPSA) is 74.0 Å². The molecule has 0 unspecified atom stereocenters. The lowest BCUT2D eigenvalue weighted by Gasteiger charge is -2.06. The number of hydrogen-bond donors (Lipinski definition) is 1. The summed E-state index contributed by atoms with van der Waals surface area (Å²) >= 11 is 1.72. The Hall–Kier alpha value is -1.30. The van der Waals surface area contributed by atoms with Crippen LogP contribution in [0.15, 0.2) is 6.07 Å². The summed E-state index contributed by atoms with van der Waals surface area (Å²) in [5.41, 5.74) is -0.571. The maximum Gasteiger partial charge on any atom is 0.307 e. The third-order valence-corrected chi connectivity index (χ3v) is 2.93. The molecule has 0 aliphatic rings. The number of aromatic nitrogens is 1. The van der Waals surface area contributed by atoms with E-state index in [9.17, 15) is 13.6 Å². The fraction of sp³-hybridized carbons (Fsp3) is 0.222. The molecule has 1 heterocycles. The summed E-state index contributed by atoms with van der Waals surface area (Å²) in [6, 6.07) is 2.67. The number of carbonyl (C=O) groups is 1. The van der Waals surface area contributed by atoms with Gasteiger partial charge in [0, 0.05) is 0 Å². The van der Waals surface area contributed by atoms with E-state index in [0.29, 0.717) is 3.57 Å². The van der Waals surface area contributed by atoms with Crippen molar-refractivity contribution in [2.75, 3.05) is 0 Å². The van der Waals surface area contributed by atoms with E-state index in [0.717, 1.165) is 6.07 Å². The maximum absolute atomic E-state index is 12.4. The largest absolute Gasteiger partial charge is 0.481 e. The summed E-state index contributed by atoms with van der Waals surface area (Å²) < 4.78 is 25.1. The molecule has 1 aromatic heterocycles. The van der Waals surface area contributed by atoms with Crippen molar-refractivity contribution in [2.45, 2.75) is 12.8 Å². The van der Waals surface area contributed by atoms with E-state index in [1.165, 1.54) is 0 Å². The van der Waals surface area contributed by atoms with E-state index in [1.54, 1.807) is 28.7 Å². The predicted octanol–water partition coefficient (Wildman–Crippen LogP) is 2.12. The Balaban J connectivity index is 3.31. The fourth-order valence-electron chi connectivity index (χ4n) is 1.08. The molecule has 4 nitrogen and oxygen atoms in total. The number of pyridine rings is 1. The van der Waals surface area contributed by atoms with Crippen molar-refractivity contribution in [2.24, 2.45) is 0 Å². The fourth-order valence-corrected chi connectivity index (χ4v) is 1.67. The molecule has 0 saturated carbocycles. The molecule has 1 aromatic rings. The van der Waals surface area contributed by atoms with Crippen molar-refractivity contribution in [1.29, 1.82) is 5.26 Å². The van der Waals surface area contributed by atoms with Crippen molar-refractivity contribution < 1.29 is 18.7 Å². The highest BCUT2D eigenvalue weighted by Gasteiger charge is 2.17. The molecule has 0 aliphatic carbocycles. The first-order valence-electron chi connectivity index (χ1n) is 4.05. The van der Waals surface area contributed by atoms with Crippen LogP contribution in [0.25, 0.3) is 0 Å². The van der Waals surface area contributed by atoms with Gasteiger partial charge in [-0.05, 0) is 34.2 Å². The van der Waals surface area contributed by atoms with E-state index >= 15 is 0 Å². The molecule has 84 valence electrons. The normalized spacial score (nSPS) is 10.2. The highest BCUT2D eigenvalue weighted by Crippen LogP contribution is 2.23. The van der Waals surface area contributed by atoms with Gasteiger partial charge in [-0.15, -0.1) is 0 Å². The van der Waals surface area contributed by atoms with Crippen LogP contribution in [0.1, 0.15) is 23.4 Å². The molecule has 0 amide bonds. The Morgan fingerprint density at radius 1 is 1.69 bits per heavy atom. The van der Waals surface area contributed by atoms with Gasteiger partial charge in [0.2, 0.25) is 0 Å². The Kier molecular flexibility index (Phi) is 4.12. The Morgan fingerprint density at radius 3 is 2.75 bits per heavy atom. The molecule has 1 rings (SSSR count). The minimum Gasteiger partial charge on any atom is -0.481 e. The molecular weight excluding hydrogens is 333 g/mol. The van der Waals surface area contributed by atoms with Crippen LogP contribution < -0.4 is 0 Å². The van der Waals surface area contributed by atoms with Crippen LogP contribution in [-0.2, 0) is 11.2 Å². The van der Waals surface area contributed by atoms with Gasteiger partial charge < -0.3 is 5.11 Å². The van der Waals surface area contributed by atoms with Crippen molar-refractivity contribution >= 4 is 28.6 Å². The first-order valence-corrected chi connectivity index (χ1v) is 5.13. The summed E-state index contributed by atoms with van der Waals surface area (Å²) in [7, 11) is 0. The minimum absolute atomic E-state index is 0.172. The summed E-state index contributed by atoms with van der Waals surface area (Å²) in [6.45, 7) is 0. The molecule has 1 N–H and O–H groups in total. The van der Waals surface area contributed by atoms with Crippen LogP contribution in [0.3, 0.4) is 0 Å². The molecule has 0 spiro atoms. The molecule has 0 bridgehead atoms. The van der Waals surface area contributed by atoms with Crippen LogP contribution >= 0.6 is 22.6 Å². The number of carboxylic acid groups (broad SMARTS) is 1. The number of aliphatic carboxylic acids is 1. The second-order valence-electron chi connectivity index (χ2n) is 2.85. The van der Waals surface area contributed by atoms with Gasteiger partial charge in [0.15, 0.2) is 5.69 Å². The lowest BCUT2D eigenvalue weighted by atomic mass is 10.1. The predicted molar refractivity (Wildman–Crippen MR) is 58.0 cm³/mol. The highest BCUT2D eigenvalue weighted by atomic mass is 127. The number of carboxylic acids is 1. The van der Waals surface area contributed by atoms with Gasteiger partial charge in [-0.1, -0.05) is 0 Å². The van der Waals surface area contributed by atoms with E-state index in [4.69, 9.17) is 10.4 Å². The SMILES string of the molecule is N#Cc1nc(C(F)F)cc(CC(=O)O)c1I. The standard InChI is InChI=1S/C9H5F2IN2O2/c10-9(11)5-1-4(2-7(15)16)8(12)6(3-13)14-5/h1,9H,2H2,(H,15,16). The molecular formula is C9H5F2IN2O2. The molecule has 7 heteroatoms. The van der Waals surface area contributed by atoms with Crippen molar-refractivity contribution in [3.8, 4) is 6.07 Å². The van der Waals surface area contributed by atoms with E-state index in [2.05, 4.69) is 4.98 Å². The third kappa shape index (κ3) is 2.85. The molecule has 0 aliphatic heterocycles. The zero-order valence-corrected chi connectivity index (χ0v) is 9.90. The van der Waals surface area contributed by atoms with Crippen molar-refractivity contribution in [1.82, 2.24) is 4.98 Å². The van der Waals surface area contributed by atoms with Crippen LogP contribution in [0, 0.1) is 14.9 Å². The average molecular weight is 338 g/mol. The maximum atomic E-state index is 12.4. The lowest BCUT2D eigenvalue weighted by Crippen LogP contribution is -2.07. The minimum atomic E-state index is -2.82. The molecule has 16 heavy (non-hydrogen) atoms. The zero-order valence-electron chi connectivity index (χ0n) is 7.75. The average Bonchev–Trinajstić information content (AvgIpc) is 2.20. The first-order chi connectivity index (χ1) is 7.45. The van der Waals surface area contributed by atoms with Crippen molar-refractivity contribution in [3.05, 3.63) is 26.6 Å². The van der Waals surface area contributed by atoms with Crippen molar-refractivity contribution in [3.63, 3.8) is 0 Å². The second kappa shape index (κ2) is 5.16. The van der Waals surface area contributed by atoms with Gasteiger partial charge >= 0.3 is 5.97 Å². The Morgan fingerprint density at radius 2 is 2.31 bits per heavy atom. The first kappa shape index (κ1) is 12.8. The van der Waals surface area contributed by atoms with Gasteiger partial charge in [-0.25, -0.2) is 13.8 Å². The highest BCUT2D eigenvalue weighted by molar-refractivity contribution is 14.1. The third-order valence-electron chi connectivity index (χ3n) is 1.72. The quantitative estimate of drug-likeness (QED) is 0.857. The summed E-state index contributed by atoms with van der Waals surface area (Å²) in [4.78, 5) is 14.0. The van der Waals surface area contributed by atoms with Gasteiger partial charge in [0.05, 0.1) is 9.99 Å².